The van der Waals surface area contributed by atoms with Crippen molar-refractivity contribution in [1.82, 2.24) is 0 Å². The minimum atomic E-state index is -0.934. The number of allylic oxidation sites excluding steroid dienone is 1. The van der Waals surface area contributed by atoms with Gasteiger partial charge in [0.15, 0.2) is 34.6 Å². The minimum absolute atomic E-state index is 0.00782. The van der Waals surface area contributed by atoms with E-state index >= 15 is 0 Å². The standard InChI is InChI=1S/C20H20O5.C19H16O5.C19H14O5.C5H10O.C3H8.CH2O/c1-19-6-5-10-12(9(19)3-4-11(19)21)15(23)16-13-8(7-24-16)14(22)17-18(25-17)20(10,13)2;2*1-19-11-4-2-8-9(3-5-12(8)20)15(11)17(23)18-16(19)10(7-24-18)13(21)6-14(19)22;1-3-4-5(2)6;1-3-2;1-2/h7,9,14,17-18,22H,3-6H2,1-2H3;2,4,7,13-14,21-22H,3,5-6H2,1H3;2,4,7,14,22H,3,5-6H2,1H3;3-4H2,1-2H3;3H2,1-2H3;1H2/t9-,14+,17-,18?,19-,20+;13-,14+,19-;14-,19+;;;/m001.../s1. The predicted molar refractivity (Wildman–Crippen MR) is 301 cm³/mol. The number of carbonyl (C=O) groups is 9. The summed E-state index contributed by atoms with van der Waals surface area (Å²) in [5.41, 5.74) is 8.08. The summed E-state index contributed by atoms with van der Waals surface area (Å²) in [5.74, 6) is 0.478. The summed E-state index contributed by atoms with van der Waals surface area (Å²) in [6.45, 7) is 17.7. The first-order chi connectivity index (χ1) is 40.0. The van der Waals surface area contributed by atoms with Gasteiger partial charge in [-0.25, -0.2) is 0 Å². The van der Waals surface area contributed by atoms with Gasteiger partial charge in [-0.2, -0.15) is 0 Å². The summed E-state index contributed by atoms with van der Waals surface area (Å²) in [6, 6.07) is 7.06. The third-order valence-electron chi connectivity index (χ3n) is 20.3. The highest BCUT2D eigenvalue weighted by Gasteiger charge is 2.68. The van der Waals surface area contributed by atoms with Crippen LogP contribution in [-0.2, 0) is 48.2 Å². The van der Waals surface area contributed by atoms with Gasteiger partial charge >= 0.3 is 0 Å². The average molecular weight is 1150 g/mol. The first-order valence-electron chi connectivity index (χ1n) is 29.3. The lowest BCUT2D eigenvalue weighted by molar-refractivity contribution is -0.126. The van der Waals surface area contributed by atoms with Crippen molar-refractivity contribution in [3.8, 4) is 0 Å². The second-order valence-electron chi connectivity index (χ2n) is 25.0. The molecule has 1 unspecified atom stereocenters. The molecule has 84 heavy (non-hydrogen) atoms. The van der Waals surface area contributed by atoms with Crippen LogP contribution in [-0.4, -0.2) is 97.9 Å². The summed E-state index contributed by atoms with van der Waals surface area (Å²) in [4.78, 5) is 106. The Bertz CT molecular complexity index is 3750. The van der Waals surface area contributed by atoms with Crippen LogP contribution in [0.5, 0.6) is 0 Å². The molecule has 0 amide bonds. The summed E-state index contributed by atoms with van der Waals surface area (Å²) in [7, 11) is 0. The molecule has 4 N–H and O–H groups in total. The van der Waals surface area contributed by atoms with Gasteiger partial charge in [0, 0.05) is 122 Å². The molecule has 17 heteroatoms. The molecule has 440 valence electrons. The van der Waals surface area contributed by atoms with Crippen molar-refractivity contribution >= 4 is 53.1 Å². The number of benzene rings is 2. The van der Waals surface area contributed by atoms with E-state index in [-0.39, 0.29) is 88.8 Å². The highest BCUT2D eigenvalue weighted by molar-refractivity contribution is 6.18. The Morgan fingerprint density at radius 1 is 0.619 bits per heavy atom. The lowest BCUT2D eigenvalue weighted by Gasteiger charge is -2.46. The molecular formula is C67H70O17. The molecule has 0 radical (unpaired) electrons. The number of hydrogen-bond donors (Lipinski definition) is 4. The van der Waals surface area contributed by atoms with E-state index in [1.54, 1.807) is 31.2 Å². The Hall–Kier alpha value is -7.15. The van der Waals surface area contributed by atoms with Crippen LogP contribution in [0.15, 0.2) is 67.5 Å². The second-order valence-corrected chi connectivity index (χ2v) is 25.0. The Balaban J connectivity index is 0.000000121. The number of epoxide rings is 1. The fraction of sp³-hybridized carbons (Fsp3) is 0.478. The van der Waals surface area contributed by atoms with Crippen LogP contribution in [0.2, 0.25) is 0 Å². The van der Waals surface area contributed by atoms with Crippen LogP contribution in [0, 0.1) is 11.3 Å². The van der Waals surface area contributed by atoms with Gasteiger partial charge in [0.2, 0.25) is 17.3 Å². The topological polar surface area (TPSA) is 286 Å². The van der Waals surface area contributed by atoms with Crippen LogP contribution in [0.1, 0.15) is 262 Å². The number of carbonyl (C=O) groups excluding carboxylic acids is 9. The van der Waals surface area contributed by atoms with Gasteiger partial charge in [-0.1, -0.05) is 58.4 Å². The molecule has 2 aromatic carbocycles. The van der Waals surface area contributed by atoms with E-state index < -0.39 is 46.1 Å². The summed E-state index contributed by atoms with van der Waals surface area (Å²) in [6.07, 6.45) is 8.48. The van der Waals surface area contributed by atoms with E-state index in [1.165, 1.54) is 25.2 Å². The fourth-order valence-corrected chi connectivity index (χ4v) is 15.9. The Kier molecular flexibility index (Phi) is 14.5. The highest BCUT2D eigenvalue weighted by atomic mass is 16.6. The van der Waals surface area contributed by atoms with Crippen LogP contribution >= 0.6 is 0 Å². The Labute approximate surface area is 485 Å². The van der Waals surface area contributed by atoms with Gasteiger partial charge in [-0.3, -0.25) is 33.6 Å². The molecule has 16 rings (SSSR count). The molecule has 1 saturated carbocycles. The number of furan rings is 3. The molecule has 0 spiro atoms. The van der Waals surface area contributed by atoms with Crippen molar-refractivity contribution in [2.24, 2.45) is 11.3 Å². The fourth-order valence-electron chi connectivity index (χ4n) is 15.9. The van der Waals surface area contributed by atoms with Crippen molar-refractivity contribution in [3.63, 3.8) is 0 Å². The smallest absolute Gasteiger partial charge is 0.229 e. The zero-order chi connectivity index (χ0) is 60.6. The maximum absolute atomic E-state index is 13.3. The van der Waals surface area contributed by atoms with Gasteiger partial charge in [0.25, 0.3) is 0 Å². The van der Waals surface area contributed by atoms with Crippen LogP contribution < -0.4 is 0 Å². The van der Waals surface area contributed by atoms with Crippen molar-refractivity contribution in [2.45, 2.75) is 192 Å². The summed E-state index contributed by atoms with van der Waals surface area (Å²) < 4.78 is 22.5. The van der Waals surface area contributed by atoms with Gasteiger partial charge in [0.05, 0.1) is 36.4 Å². The van der Waals surface area contributed by atoms with Crippen molar-refractivity contribution < 1.29 is 81.6 Å². The molecule has 11 aliphatic rings. The molecule has 1 aliphatic heterocycles. The second kappa shape index (κ2) is 20.8. The molecule has 17 nitrogen and oxygen atoms in total. The van der Waals surface area contributed by atoms with Crippen LogP contribution in [0.25, 0.3) is 0 Å². The first-order valence-corrected chi connectivity index (χ1v) is 29.3. The number of ether oxygens (including phenoxy) is 1. The van der Waals surface area contributed by atoms with E-state index in [0.29, 0.717) is 93.5 Å². The molecule has 3 aromatic heterocycles. The predicted octanol–water partition coefficient (Wildman–Crippen LogP) is 9.49. The number of Topliss-reactive ketones (excluding diaryl/α,β-unsaturated/α-hetero) is 6. The maximum atomic E-state index is 13.3. The molecule has 0 bridgehead atoms. The third-order valence-corrected chi connectivity index (χ3v) is 20.3. The van der Waals surface area contributed by atoms with Gasteiger partial charge in [0.1, 0.15) is 42.9 Å². The summed E-state index contributed by atoms with van der Waals surface area (Å²) >= 11 is 0. The maximum Gasteiger partial charge on any atom is 0.229 e. The number of rotatable bonds is 2. The largest absolute Gasteiger partial charge is 0.460 e. The monoisotopic (exact) mass is 1150 g/mol. The average Bonchev–Trinajstić information content (AvgIpc) is 1.46. The quantitative estimate of drug-likeness (QED) is 0.120. The zero-order valence-corrected chi connectivity index (χ0v) is 48.6. The van der Waals surface area contributed by atoms with Gasteiger partial charge in [-0.05, 0) is 94.0 Å². The number of ketones is 8. The van der Waals surface area contributed by atoms with Crippen LogP contribution in [0.3, 0.4) is 0 Å². The molecule has 5 aromatic rings. The number of aliphatic hydroxyl groups excluding tert-OH is 4. The van der Waals surface area contributed by atoms with Gasteiger partial charge in [-0.15, -0.1) is 0 Å². The Morgan fingerprint density at radius 3 is 1.70 bits per heavy atom. The number of hydrogen-bond acceptors (Lipinski definition) is 17. The van der Waals surface area contributed by atoms with E-state index in [1.807, 2.05) is 34.5 Å². The first kappa shape index (κ1) is 58.6. The minimum Gasteiger partial charge on any atom is -0.460 e. The van der Waals surface area contributed by atoms with Gasteiger partial charge < -0.3 is 48.0 Å². The van der Waals surface area contributed by atoms with Crippen molar-refractivity contribution in [1.29, 1.82) is 0 Å². The lowest BCUT2D eigenvalue weighted by atomic mass is 9.54. The number of aliphatic hydroxyl groups is 4. The Morgan fingerprint density at radius 2 is 1.14 bits per heavy atom. The summed E-state index contributed by atoms with van der Waals surface area (Å²) in [5, 5.41) is 42.2. The number of fused-ring (bicyclic) bond motifs is 13. The molecule has 11 atom stereocenters. The molecular weight excluding hydrogens is 1080 g/mol. The van der Waals surface area contributed by atoms with E-state index in [0.717, 1.165) is 65.5 Å². The van der Waals surface area contributed by atoms with E-state index in [4.69, 9.17) is 22.8 Å². The molecule has 1 saturated heterocycles. The molecule has 2 fully saturated rings. The third kappa shape index (κ3) is 8.00. The van der Waals surface area contributed by atoms with Crippen molar-refractivity contribution in [3.05, 3.63) is 149 Å². The van der Waals surface area contributed by atoms with Crippen LogP contribution in [0.4, 0.5) is 0 Å². The highest BCUT2D eigenvalue weighted by Crippen LogP contribution is 2.65. The molecule has 10 aliphatic carbocycles. The normalized spacial score (nSPS) is 31.0. The lowest BCUT2D eigenvalue weighted by Crippen LogP contribution is -2.47. The van der Waals surface area contributed by atoms with E-state index in [2.05, 4.69) is 20.8 Å². The zero-order valence-electron chi connectivity index (χ0n) is 48.6. The van der Waals surface area contributed by atoms with E-state index in [9.17, 15) is 58.8 Å². The van der Waals surface area contributed by atoms with Crippen molar-refractivity contribution in [2.75, 3.05) is 0 Å². The molecule has 4 heterocycles. The SMILES string of the molecule is C=O.CCC.CCCC(C)=O.C[C@@]12C3=C(C(=O)c4occ(c41)[C@@H](O)[C@@H]1OC12)[C@@H]1CCC(=O)[C@@]1(C)CC3.C[C@@]12c3ccc4c(c3C(=O)c3occ(c31)C(=O)C[C@H]2O)CCC4=O.C[C@@]12c3ccc4c(c3C(=O)c3occ(c31)[C@@H](O)C[C@H]2O)CCC4=O.